The van der Waals surface area contributed by atoms with E-state index in [0.717, 1.165) is 28.8 Å². The van der Waals surface area contributed by atoms with Gasteiger partial charge in [-0.2, -0.15) is 5.10 Å². The molecule has 0 aliphatic carbocycles. The van der Waals surface area contributed by atoms with Crippen LogP contribution in [0.3, 0.4) is 0 Å². The largest absolute Gasteiger partial charge is 0.352 e. The van der Waals surface area contributed by atoms with Crippen LogP contribution < -0.4 is 4.72 Å². The molecule has 25 heavy (non-hydrogen) atoms. The Balaban J connectivity index is 1.85. The predicted molar refractivity (Wildman–Crippen MR) is 86.2 cm³/mol. The van der Waals surface area contributed by atoms with E-state index in [1.807, 2.05) is 0 Å². The lowest BCUT2D eigenvalue weighted by atomic mass is 10.1. The summed E-state index contributed by atoms with van der Waals surface area (Å²) >= 11 is 0. The molecule has 1 aliphatic rings. The summed E-state index contributed by atoms with van der Waals surface area (Å²) in [6.45, 7) is 0. The van der Waals surface area contributed by atoms with E-state index in [9.17, 15) is 22.0 Å². The standard InChI is InChI=1S/C16H13F2N3O3S/c17-12-7-4-8-13(18)15(12)25(23,24)20-16(22)21-14(9-10-19-21)11-5-2-1-3-6-11/h1-8,10,14H,9H2,(H,20,22). The van der Waals surface area contributed by atoms with Crippen LogP contribution >= 0.6 is 0 Å². The smallest absolute Gasteiger partial charge is 0.245 e. The molecule has 9 heteroatoms. The van der Waals surface area contributed by atoms with Crippen molar-refractivity contribution in [2.45, 2.75) is 17.4 Å². The van der Waals surface area contributed by atoms with Crippen molar-refractivity contribution in [2.75, 3.05) is 0 Å². The van der Waals surface area contributed by atoms with Gasteiger partial charge in [0.25, 0.3) is 10.0 Å². The number of benzene rings is 2. The number of carbonyl (C=O) groups is 1. The van der Waals surface area contributed by atoms with Gasteiger partial charge in [-0.3, -0.25) is 0 Å². The van der Waals surface area contributed by atoms with Gasteiger partial charge in [0.05, 0.1) is 6.04 Å². The molecular weight excluding hydrogens is 352 g/mol. The molecule has 0 saturated heterocycles. The first-order chi connectivity index (χ1) is 11.9. The summed E-state index contributed by atoms with van der Waals surface area (Å²) in [6, 6.07) is 9.91. The summed E-state index contributed by atoms with van der Waals surface area (Å²) in [7, 11) is -4.73. The van der Waals surface area contributed by atoms with Crippen LogP contribution in [-0.2, 0) is 10.0 Å². The van der Waals surface area contributed by atoms with E-state index >= 15 is 0 Å². The molecule has 130 valence electrons. The van der Waals surface area contributed by atoms with E-state index in [2.05, 4.69) is 5.10 Å². The second-order valence-corrected chi connectivity index (χ2v) is 6.89. The number of nitrogens with zero attached hydrogens (tertiary/aromatic N) is 2. The average Bonchev–Trinajstić information content (AvgIpc) is 3.04. The fourth-order valence-electron chi connectivity index (χ4n) is 2.51. The Hall–Kier alpha value is -2.81. The minimum Gasteiger partial charge on any atom is -0.245 e. The van der Waals surface area contributed by atoms with Gasteiger partial charge in [-0.1, -0.05) is 36.4 Å². The highest BCUT2D eigenvalue weighted by molar-refractivity contribution is 7.90. The van der Waals surface area contributed by atoms with Crippen LogP contribution in [-0.4, -0.2) is 25.7 Å². The number of sulfonamides is 1. The average molecular weight is 365 g/mol. The first kappa shape index (κ1) is 17.0. The molecule has 1 atom stereocenters. The van der Waals surface area contributed by atoms with Crippen molar-refractivity contribution in [3.05, 3.63) is 65.7 Å². The lowest BCUT2D eigenvalue weighted by Gasteiger charge is -2.22. The Labute approximate surface area is 142 Å². The lowest BCUT2D eigenvalue weighted by molar-refractivity contribution is 0.192. The Bertz CT molecular complexity index is 913. The summed E-state index contributed by atoms with van der Waals surface area (Å²) in [5, 5.41) is 4.80. The monoisotopic (exact) mass is 365 g/mol. The Kier molecular flexibility index (Phi) is 4.49. The zero-order chi connectivity index (χ0) is 18.0. The minimum absolute atomic E-state index is 0.394. The van der Waals surface area contributed by atoms with Gasteiger partial charge in [-0.15, -0.1) is 0 Å². The lowest BCUT2D eigenvalue weighted by Crippen LogP contribution is -2.41. The number of nitrogens with one attached hydrogen (secondary N) is 1. The third-order valence-electron chi connectivity index (χ3n) is 3.63. The van der Waals surface area contributed by atoms with E-state index in [1.165, 1.54) is 6.21 Å². The van der Waals surface area contributed by atoms with Gasteiger partial charge < -0.3 is 0 Å². The molecule has 1 aliphatic heterocycles. The number of urea groups is 1. The molecule has 0 fully saturated rings. The maximum Gasteiger partial charge on any atom is 0.352 e. The SMILES string of the molecule is O=C(NS(=O)(=O)c1c(F)cccc1F)N1N=CCC1c1ccccc1. The van der Waals surface area contributed by atoms with Crippen LogP contribution in [0.2, 0.25) is 0 Å². The quantitative estimate of drug-likeness (QED) is 0.908. The highest BCUT2D eigenvalue weighted by atomic mass is 32.2. The van der Waals surface area contributed by atoms with Gasteiger partial charge in [-0.05, 0) is 17.7 Å². The van der Waals surface area contributed by atoms with Crippen molar-refractivity contribution in [1.82, 2.24) is 9.73 Å². The Morgan fingerprint density at radius 3 is 2.36 bits per heavy atom. The second-order valence-electron chi connectivity index (χ2n) is 5.27. The molecule has 2 aromatic rings. The summed E-state index contributed by atoms with van der Waals surface area (Å²) in [6.07, 6.45) is 1.86. The van der Waals surface area contributed by atoms with Crippen LogP contribution in [0.4, 0.5) is 13.6 Å². The molecule has 6 nitrogen and oxygen atoms in total. The molecule has 2 aromatic carbocycles. The fourth-order valence-corrected chi connectivity index (χ4v) is 3.59. The summed E-state index contributed by atoms with van der Waals surface area (Å²) in [4.78, 5) is 11.1. The molecule has 0 saturated carbocycles. The van der Waals surface area contributed by atoms with Gasteiger partial charge in [0, 0.05) is 12.6 Å². The van der Waals surface area contributed by atoms with Gasteiger partial charge in [0.15, 0.2) is 4.90 Å². The van der Waals surface area contributed by atoms with Crippen molar-refractivity contribution < 1.29 is 22.0 Å². The second kappa shape index (κ2) is 6.60. The van der Waals surface area contributed by atoms with Crippen LogP contribution in [0, 0.1) is 11.6 Å². The number of hydrazone groups is 1. The van der Waals surface area contributed by atoms with Crippen molar-refractivity contribution in [1.29, 1.82) is 0 Å². The van der Waals surface area contributed by atoms with Gasteiger partial charge in [0.2, 0.25) is 0 Å². The van der Waals surface area contributed by atoms with E-state index in [4.69, 9.17) is 0 Å². The van der Waals surface area contributed by atoms with Crippen molar-refractivity contribution in [3.63, 3.8) is 0 Å². The summed E-state index contributed by atoms with van der Waals surface area (Å²) in [5.41, 5.74) is 0.754. The zero-order valence-electron chi connectivity index (χ0n) is 12.8. The van der Waals surface area contributed by atoms with Crippen LogP contribution in [0.25, 0.3) is 0 Å². The molecule has 2 amide bonds. The first-order valence-corrected chi connectivity index (χ1v) is 8.76. The van der Waals surface area contributed by atoms with Crippen LogP contribution in [0.15, 0.2) is 58.5 Å². The van der Waals surface area contributed by atoms with E-state index in [-0.39, 0.29) is 0 Å². The predicted octanol–water partition coefficient (Wildman–Crippen LogP) is 2.80. The van der Waals surface area contributed by atoms with Crippen molar-refractivity contribution in [2.24, 2.45) is 5.10 Å². The Morgan fingerprint density at radius 2 is 1.72 bits per heavy atom. The van der Waals surface area contributed by atoms with Gasteiger partial charge in [0.1, 0.15) is 11.6 Å². The maximum absolute atomic E-state index is 13.7. The molecule has 1 N–H and O–H groups in total. The van der Waals surface area contributed by atoms with E-state index in [0.29, 0.717) is 6.42 Å². The minimum atomic E-state index is -4.73. The van der Waals surface area contributed by atoms with E-state index < -0.39 is 38.6 Å². The topological polar surface area (TPSA) is 78.8 Å². The van der Waals surface area contributed by atoms with Crippen LogP contribution in [0.1, 0.15) is 18.0 Å². The Morgan fingerprint density at radius 1 is 1.08 bits per heavy atom. The van der Waals surface area contributed by atoms with Crippen molar-refractivity contribution >= 4 is 22.3 Å². The molecular formula is C16H13F2N3O3S. The number of carbonyl (C=O) groups excluding carboxylic acids is 1. The molecule has 0 radical (unpaired) electrons. The molecule has 0 spiro atoms. The molecule has 0 aromatic heterocycles. The number of amides is 2. The third-order valence-corrected chi connectivity index (χ3v) is 5.00. The summed E-state index contributed by atoms with van der Waals surface area (Å²) in [5.74, 6) is -2.57. The fraction of sp³-hybridized carbons (Fsp3) is 0.125. The number of halogens is 2. The van der Waals surface area contributed by atoms with Crippen molar-refractivity contribution in [3.8, 4) is 0 Å². The molecule has 0 bridgehead atoms. The third kappa shape index (κ3) is 3.36. The number of hydrogen-bond donors (Lipinski definition) is 1. The molecule has 1 unspecified atom stereocenters. The highest BCUT2D eigenvalue weighted by Gasteiger charge is 2.33. The zero-order valence-corrected chi connectivity index (χ0v) is 13.6. The number of hydrogen-bond acceptors (Lipinski definition) is 4. The normalized spacial score (nSPS) is 16.9. The highest BCUT2D eigenvalue weighted by Crippen LogP contribution is 2.28. The maximum atomic E-state index is 13.7. The van der Waals surface area contributed by atoms with E-state index in [1.54, 1.807) is 35.1 Å². The molecule has 3 rings (SSSR count). The first-order valence-electron chi connectivity index (χ1n) is 7.27. The summed E-state index contributed by atoms with van der Waals surface area (Å²) < 4.78 is 53.5. The van der Waals surface area contributed by atoms with Gasteiger partial charge in [-0.25, -0.2) is 31.7 Å². The number of rotatable bonds is 3. The molecule has 1 heterocycles. The van der Waals surface area contributed by atoms with Crippen LogP contribution in [0.5, 0.6) is 0 Å². The van der Waals surface area contributed by atoms with Gasteiger partial charge >= 0.3 is 6.03 Å².